The molecule has 0 aromatic heterocycles. The van der Waals surface area contributed by atoms with Gasteiger partial charge in [0.1, 0.15) is 12.4 Å². The van der Waals surface area contributed by atoms with Crippen LogP contribution >= 0.6 is 0 Å². The second kappa shape index (κ2) is 8.13. The number of carbonyl (C=O) groups is 1. The summed E-state index contributed by atoms with van der Waals surface area (Å²) in [6, 6.07) is 15.4. The molecule has 0 bridgehead atoms. The SMILES string of the molecule is CN(CCOc1ccccc1)C(=O)c1cccc(S(=O)(=O)N(C)C)c1. The van der Waals surface area contributed by atoms with Crippen molar-refractivity contribution in [2.75, 3.05) is 34.3 Å². The molecule has 0 radical (unpaired) electrons. The van der Waals surface area contributed by atoms with Crippen molar-refractivity contribution in [3.63, 3.8) is 0 Å². The summed E-state index contributed by atoms with van der Waals surface area (Å²) in [4.78, 5) is 14.1. The van der Waals surface area contributed by atoms with Gasteiger partial charge in [0, 0.05) is 26.7 Å². The normalized spacial score (nSPS) is 11.4. The van der Waals surface area contributed by atoms with Crippen LogP contribution in [0.15, 0.2) is 59.5 Å². The number of hydrogen-bond donors (Lipinski definition) is 0. The smallest absolute Gasteiger partial charge is 0.253 e. The first-order valence-corrected chi connectivity index (χ1v) is 9.22. The minimum Gasteiger partial charge on any atom is -0.492 e. The molecular weight excluding hydrogens is 340 g/mol. The standard InChI is InChI=1S/C18H22N2O4S/c1-19(2)25(22,23)17-11-7-8-15(14-17)18(21)20(3)12-13-24-16-9-5-4-6-10-16/h4-11,14H,12-13H2,1-3H3. The zero-order chi connectivity index (χ0) is 18.4. The second-order valence-corrected chi connectivity index (χ2v) is 7.86. The van der Waals surface area contributed by atoms with Gasteiger partial charge in [-0.2, -0.15) is 0 Å². The van der Waals surface area contributed by atoms with Crippen molar-refractivity contribution in [1.82, 2.24) is 9.21 Å². The maximum atomic E-state index is 12.5. The molecular formula is C18H22N2O4S. The highest BCUT2D eigenvalue weighted by atomic mass is 32.2. The van der Waals surface area contributed by atoms with E-state index in [0.29, 0.717) is 18.7 Å². The van der Waals surface area contributed by atoms with Crippen LogP contribution in [0, 0.1) is 0 Å². The molecule has 0 heterocycles. The molecule has 0 saturated carbocycles. The minimum atomic E-state index is -3.57. The lowest BCUT2D eigenvalue weighted by molar-refractivity contribution is 0.0773. The van der Waals surface area contributed by atoms with E-state index in [1.807, 2.05) is 30.3 Å². The highest BCUT2D eigenvalue weighted by molar-refractivity contribution is 7.89. The summed E-state index contributed by atoms with van der Waals surface area (Å²) < 4.78 is 31.1. The van der Waals surface area contributed by atoms with Crippen LogP contribution in [0.1, 0.15) is 10.4 Å². The predicted molar refractivity (Wildman–Crippen MR) is 96.2 cm³/mol. The number of sulfonamides is 1. The number of amides is 1. The molecule has 0 fully saturated rings. The third kappa shape index (κ3) is 4.80. The molecule has 134 valence electrons. The third-order valence-corrected chi connectivity index (χ3v) is 5.46. The van der Waals surface area contributed by atoms with E-state index in [9.17, 15) is 13.2 Å². The van der Waals surface area contributed by atoms with Crippen molar-refractivity contribution in [1.29, 1.82) is 0 Å². The second-order valence-electron chi connectivity index (χ2n) is 5.70. The van der Waals surface area contributed by atoms with Crippen LogP contribution in [0.5, 0.6) is 5.75 Å². The molecule has 6 nitrogen and oxygen atoms in total. The van der Waals surface area contributed by atoms with Gasteiger partial charge >= 0.3 is 0 Å². The molecule has 7 heteroatoms. The molecule has 0 unspecified atom stereocenters. The predicted octanol–water partition coefficient (Wildman–Crippen LogP) is 2.09. The summed E-state index contributed by atoms with van der Waals surface area (Å²) in [7, 11) is 0.993. The van der Waals surface area contributed by atoms with E-state index in [2.05, 4.69) is 0 Å². The minimum absolute atomic E-state index is 0.0947. The van der Waals surface area contributed by atoms with Crippen LogP contribution in [-0.2, 0) is 10.0 Å². The van der Waals surface area contributed by atoms with E-state index in [0.717, 1.165) is 10.1 Å². The molecule has 0 aliphatic rings. The summed E-state index contributed by atoms with van der Waals surface area (Å²) in [6.45, 7) is 0.736. The van der Waals surface area contributed by atoms with Crippen molar-refractivity contribution >= 4 is 15.9 Å². The fourth-order valence-corrected chi connectivity index (χ4v) is 3.09. The number of rotatable bonds is 7. The van der Waals surface area contributed by atoms with Gasteiger partial charge in [-0.25, -0.2) is 12.7 Å². The zero-order valence-corrected chi connectivity index (χ0v) is 15.4. The van der Waals surface area contributed by atoms with Crippen molar-refractivity contribution < 1.29 is 17.9 Å². The summed E-state index contributed by atoms with van der Waals surface area (Å²) in [6.07, 6.45) is 0. The fourth-order valence-electron chi connectivity index (χ4n) is 2.14. The van der Waals surface area contributed by atoms with Gasteiger partial charge in [-0.15, -0.1) is 0 Å². The zero-order valence-electron chi connectivity index (χ0n) is 14.5. The van der Waals surface area contributed by atoms with Gasteiger partial charge in [-0.1, -0.05) is 24.3 Å². The Hall–Kier alpha value is -2.38. The number of likely N-dealkylation sites (N-methyl/N-ethyl adjacent to an activating group) is 1. The molecule has 0 aliphatic heterocycles. The first-order chi connectivity index (χ1) is 11.8. The van der Waals surface area contributed by atoms with E-state index in [-0.39, 0.29) is 10.8 Å². The van der Waals surface area contributed by atoms with Gasteiger partial charge in [0.2, 0.25) is 10.0 Å². The number of nitrogens with zero attached hydrogens (tertiary/aromatic N) is 2. The number of hydrogen-bond acceptors (Lipinski definition) is 4. The van der Waals surface area contributed by atoms with Crippen LogP contribution in [0.2, 0.25) is 0 Å². The molecule has 2 aromatic carbocycles. The van der Waals surface area contributed by atoms with Crippen molar-refractivity contribution in [2.45, 2.75) is 4.90 Å². The number of ether oxygens (including phenoxy) is 1. The Morgan fingerprint density at radius 3 is 2.32 bits per heavy atom. The number of para-hydroxylation sites is 1. The van der Waals surface area contributed by atoms with Crippen LogP contribution in [0.25, 0.3) is 0 Å². The topological polar surface area (TPSA) is 66.9 Å². The van der Waals surface area contributed by atoms with Crippen LogP contribution < -0.4 is 4.74 Å². The molecule has 0 atom stereocenters. The van der Waals surface area contributed by atoms with Gasteiger partial charge in [0.05, 0.1) is 11.4 Å². The third-order valence-electron chi connectivity index (χ3n) is 3.64. The van der Waals surface area contributed by atoms with Gasteiger partial charge in [0.25, 0.3) is 5.91 Å². The highest BCUT2D eigenvalue weighted by Gasteiger charge is 2.19. The Labute approximate surface area is 148 Å². The summed E-state index contributed by atoms with van der Waals surface area (Å²) >= 11 is 0. The Balaban J connectivity index is 2.02. The lowest BCUT2D eigenvalue weighted by Gasteiger charge is -2.18. The molecule has 1 amide bonds. The molecule has 0 saturated heterocycles. The summed E-state index contributed by atoms with van der Waals surface area (Å²) in [5.74, 6) is 0.481. The highest BCUT2D eigenvalue weighted by Crippen LogP contribution is 2.16. The molecule has 0 N–H and O–H groups in total. The lowest BCUT2D eigenvalue weighted by Crippen LogP contribution is -2.31. The first kappa shape index (κ1) is 19.0. The number of benzene rings is 2. The molecule has 25 heavy (non-hydrogen) atoms. The first-order valence-electron chi connectivity index (χ1n) is 7.78. The van der Waals surface area contributed by atoms with E-state index in [4.69, 9.17) is 4.74 Å². The Morgan fingerprint density at radius 2 is 1.68 bits per heavy atom. The monoisotopic (exact) mass is 362 g/mol. The van der Waals surface area contributed by atoms with Gasteiger partial charge in [-0.3, -0.25) is 4.79 Å². The summed E-state index contributed by atoms with van der Waals surface area (Å²) in [5, 5.41) is 0. The quantitative estimate of drug-likeness (QED) is 0.756. The van der Waals surface area contributed by atoms with Crippen molar-refractivity contribution in [2.24, 2.45) is 0 Å². The van der Waals surface area contributed by atoms with E-state index < -0.39 is 10.0 Å². The number of carbonyl (C=O) groups excluding carboxylic acids is 1. The molecule has 0 spiro atoms. The van der Waals surface area contributed by atoms with Crippen molar-refractivity contribution in [3.05, 3.63) is 60.2 Å². The van der Waals surface area contributed by atoms with Gasteiger partial charge < -0.3 is 9.64 Å². The molecule has 2 rings (SSSR count). The van der Waals surface area contributed by atoms with Gasteiger partial charge in [-0.05, 0) is 30.3 Å². The Morgan fingerprint density at radius 1 is 1.00 bits per heavy atom. The lowest BCUT2D eigenvalue weighted by atomic mass is 10.2. The fraction of sp³-hybridized carbons (Fsp3) is 0.278. The summed E-state index contributed by atoms with van der Waals surface area (Å²) in [5.41, 5.74) is 0.324. The maximum absolute atomic E-state index is 12.5. The van der Waals surface area contributed by atoms with E-state index in [1.165, 1.54) is 31.1 Å². The maximum Gasteiger partial charge on any atom is 0.253 e. The average Bonchev–Trinajstić information content (AvgIpc) is 2.61. The van der Waals surface area contributed by atoms with Gasteiger partial charge in [0.15, 0.2) is 0 Å². The molecule has 0 aliphatic carbocycles. The largest absolute Gasteiger partial charge is 0.492 e. The Bertz CT molecular complexity index is 820. The van der Waals surface area contributed by atoms with E-state index >= 15 is 0 Å². The van der Waals surface area contributed by atoms with E-state index in [1.54, 1.807) is 19.2 Å². The van der Waals surface area contributed by atoms with Crippen LogP contribution in [-0.4, -0.2) is 57.8 Å². The average molecular weight is 362 g/mol. The molecule has 2 aromatic rings. The van der Waals surface area contributed by atoms with Crippen LogP contribution in [0.4, 0.5) is 0 Å². The van der Waals surface area contributed by atoms with Crippen LogP contribution in [0.3, 0.4) is 0 Å². The van der Waals surface area contributed by atoms with Crippen molar-refractivity contribution in [3.8, 4) is 5.75 Å². The Kier molecular flexibility index (Phi) is 6.17.